The van der Waals surface area contributed by atoms with Crippen LogP contribution in [-0.2, 0) is 6.54 Å². The van der Waals surface area contributed by atoms with Crippen molar-refractivity contribution >= 4 is 11.7 Å². The van der Waals surface area contributed by atoms with Gasteiger partial charge in [0, 0.05) is 11.9 Å². The maximum Gasteiger partial charge on any atom is 0.335 e. The van der Waals surface area contributed by atoms with Crippen molar-refractivity contribution in [1.82, 2.24) is 4.98 Å². The molecule has 0 aliphatic carbocycles. The number of nitrogens with one attached hydrogen (secondary N) is 1. The van der Waals surface area contributed by atoms with Crippen LogP contribution in [0.1, 0.15) is 21.6 Å². The summed E-state index contributed by atoms with van der Waals surface area (Å²) in [6, 6.07) is 10.6. The molecule has 0 amide bonds. The minimum absolute atomic E-state index is 0.287. The minimum atomic E-state index is -0.915. The number of anilines is 1. The average Bonchev–Trinajstić information content (AvgIpc) is 2.38. The van der Waals surface area contributed by atoms with Crippen LogP contribution in [0.25, 0.3) is 0 Å². The van der Waals surface area contributed by atoms with Gasteiger partial charge in [-0.15, -0.1) is 0 Å². The Hall–Kier alpha value is -2.36. The Morgan fingerprint density at radius 2 is 2.00 bits per heavy atom. The largest absolute Gasteiger partial charge is 0.478 e. The number of aromatic nitrogens is 1. The lowest BCUT2D eigenvalue weighted by Crippen LogP contribution is -2.04. The minimum Gasteiger partial charge on any atom is -0.478 e. The van der Waals surface area contributed by atoms with E-state index in [2.05, 4.69) is 10.3 Å². The molecule has 4 heteroatoms. The van der Waals surface area contributed by atoms with E-state index in [4.69, 9.17) is 5.11 Å². The third kappa shape index (κ3) is 2.85. The Morgan fingerprint density at radius 3 is 2.61 bits per heavy atom. The summed E-state index contributed by atoms with van der Waals surface area (Å²) in [5, 5.41) is 12.0. The quantitative estimate of drug-likeness (QED) is 0.865. The number of hydrogen-bond acceptors (Lipinski definition) is 3. The number of aryl methyl sites for hydroxylation is 1. The number of carboxylic acids is 1. The van der Waals surface area contributed by atoms with Gasteiger partial charge >= 0.3 is 5.97 Å². The van der Waals surface area contributed by atoms with Crippen LogP contribution in [0.2, 0.25) is 0 Å². The number of nitrogens with zero attached hydrogens (tertiary/aromatic N) is 1. The van der Waals surface area contributed by atoms with Crippen LogP contribution in [0.4, 0.5) is 5.69 Å². The monoisotopic (exact) mass is 242 g/mol. The smallest absolute Gasteiger partial charge is 0.335 e. The average molecular weight is 242 g/mol. The summed E-state index contributed by atoms with van der Waals surface area (Å²) in [6.07, 6.45) is 1.76. The Labute approximate surface area is 105 Å². The summed E-state index contributed by atoms with van der Waals surface area (Å²) in [7, 11) is 0. The first kappa shape index (κ1) is 12.1. The van der Waals surface area contributed by atoms with Crippen LogP contribution in [0.3, 0.4) is 0 Å². The molecule has 0 unspecified atom stereocenters. The second kappa shape index (κ2) is 5.31. The molecule has 0 saturated carbocycles. The Bertz CT molecular complexity index is 550. The van der Waals surface area contributed by atoms with E-state index >= 15 is 0 Å². The standard InChI is InChI=1S/C14H14N2O2/c1-10-3-2-8-15-13(10)9-16-12-6-4-11(5-7-12)14(17)18/h2-8,16H,9H2,1H3,(H,17,18). The van der Waals surface area contributed by atoms with Gasteiger partial charge in [0.25, 0.3) is 0 Å². The molecule has 0 fully saturated rings. The van der Waals surface area contributed by atoms with Crippen molar-refractivity contribution in [1.29, 1.82) is 0 Å². The van der Waals surface area contributed by atoms with E-state index < -0.39 is 5.97 Å². The van der Waals surface area contributed by atoms with Crippen LogP contribution < -0.4 is 5.32 Å². The van der Waals surface area contributed by atoms with E-state index in [1.807, 2.05) is 19.1 Å². The zero-order chi connectivity index (χ0) is 13.0. The molecule has 4 nitrogen and oxygen atoms in total. The second-order valence-electron chi connectivity index (χ2n) is 4.00. The molecule has 1 aromatic heterocycles. The number of carbonyl (C=O) groups is 1. The molecule has 0 radical (unpaired) electrons. The molecule has 0 aliphatic rings. The molecule has 18 heavy (non-hydrogen) atoms. The van der Waals surface area contributed by atoms with E-state index in [0.29, 0.717) is 6.54 Å². The van der Waals surface area contributed by atoms with E-state index in [9.17, 15) is 4.79 Å². The number of hydrogen-bond donors (Lipinski definition) is 2. The highest BCUT2D eigenvalue weighted by Gasteiger charge is 2.02. The van der Waals surface area contributed by atoms with Crippen molar-refractivity contribution < 1.29 is 9.90 Å². The fourth-order valence-electron chi connectivity index (χ4n) is 1.62. The fourth-order valence-corrected chi connectivity index (χ4v) is 1.62. The summed E-state index contributed by atoms with van der Waals surface area (Å²) in [5.74, 6) is -0.915. The first-order valence-electron chi connectivity index (χ1n) is 5.64. The van der Waals surface area contributed by atoms with E-state index in [-0.39, 0.29) is 5.56 Å². The molecular formula is C14H14N2O2. The highest BCUT2D eigenvalue weighted by atomic mass is 16.4. The van der Waals surface area contributed by atoms with Crippen molar-refractivity contribution in [3.8, 4) is 0 Å². The van der Waals surface area contributed by atoms with Crippen molar-refractivity contribution in [2.75, 3.05) is 5.32 Å². The maximum absolute atomic E-state index is 10.7. The number of rotatable bonds is 4. The van der Waals surface area contributed by atoms with Gasteiger partial charge in [0.2, 0.25) is 0 Å². The van der Waals surface area contributed by atoms with Crippen LogP contribution in [0.15, 0.2) is 42.6 Å². The number of aromatic carboxylic acids is 1. The first-order valence-corrected chi connectivity index (χ1v) is 5.64. The lowest BCUT2D eigenvalue weighted by atomic mass is 10.2. The number of carboxylic acid groups (broad SMARTS) is 1. The molecule has 0 aliphatic heterocycles. The lowest BCUT2D eigenvalue weighted by Gasteiger charge is -2.08. The van der Waals surface area contributed by atoms with Gasteiger partial charge in [-0.1, -0.05) is 6.07 Å². The molecule has 0 atom stereocenters. The summed E-state index contributed by atoms with van der Waals surface area (Å²) in [6.45, 7) is 2.64. The third-order valence-corrected chi connectivity index (χ3v) is 2.71. The Balaban J connectivity index is 2.02. The van der Waals surface area contributed by atoms with Crippen molar-refractivity contribution in [2.24, 2.45) is 0 Å². The van der Waals surface area contributed by atoms with Crippen LogP contribution in [0, 0.1) is 6.92 Å². The van der Waals surface area contributed by atoms with Gasteiger partial charge in [-0.25, -0.2) is 4.79 Å². The summed E-state index contributed by atoms with van der Waals surface area (Å²) in [5.41, 5.74) is 3.28. The molecule has 2 N–H and O–H groups in total. The predicted molar refractivity (Wildman–Crippen MR) is 69.7 cm³/mol. The van der Waals surface area contributed by atoms with E-state index in [1.165, 1.54) is 0 Å². The molecule has 92 valence electrons. The third-order valence-electron chi connectivity index (χ3n) is 2.71. The van der Waals surface area contributed by atoms with Gasteiger partial charge in [-0.05, 0) is 42.8 Å². The second-order valence-corrected chi connectivity index (χ2v) is 4.00. The molecular weight excluding hydrogens is 228 g/mol. The van der Waals surface area contributed by atoms with Crippen molar-refractivity contribution in [2.45, 2.75) is 13.5 Å². The van der Waals surface area contributed by atoms with E-state index in [0.717, 1.165) is 16.9 Å². The molecule has 0 bridgehead atoms. The van der Waals surface area contributed by atoms with Gasteiger partial charge in [-0.3, -0.25) is 4.98 Å². The van der Waals surface area contributed by atoms with Crippen LogP contribution in [-0.4, -0.2) is 16.1 Å². The zero-order valence-electron chi connectivity index (χ0n) is 10.1. The fraction of sp³-hybridized carbons (Fsp3) is 0.143. The normalized spacial score (nSPS) is 10.1. The molecule has 2 aromatic rings. The number of pyridine rings is 1. The molecule has 2 rings (SSSR count). The molecule has 0 saturated heterocycles. The lowest BCUT2D eigenvalue weighted by molar-refractivity contribution is 0.0697. The van der Waals surface area contributed by atoms with Crippen molar-refractivity contribution in [3.63, 3.8) is 0 Å². The first-order chi connectivity index (χ1) is 8.66. The molecule has 1 aromatic carbocycles. The maximum atomic E-state index is 10.7. The molecule has 0 spiro atoms. The van der Waals surface area contributed by atoms with Gasteiger partial charge in [0.1, 0.15) is 0 Å². The summed E-state index contributed by atoms with van der Waals surface area (Å²) in [4.78, 5) is 15.0. The summed E-state index contributed by atoms with van der Waals surface area (Å²) >= 11 is 0. The number of benzene rings is 1. The van der Waals surface area contributed by atoms with Gasteiger partial charge in [0.05, 0.1) is 17.8 Å². The van der Waals surface area contributed by atoms with E-state index in [1.54, 1.807) is 30.5 Å². The Morgan fingerprint density at radius 1 is 1.28 bits per heavy atom. The van der Waals surface area contributed by atoms with Crippen LogP contribution in [0.5, 0.6) is 0 Å². The predicted octanol–water partition coefficient (Wildman–Crippen LogP) is 2.70. The summed E-state index contributed by atoms with van der Waals surface area (Å²) < 4.78 is 0. The van der Waals surface area contributed by atoms with Gasteiger partial charge in [-0.2, -0.15) is 0 Å². The van der Waals surface area contributed by atoms with Gasteiger partial charge < -0.3 is 10.4 Å². The highest BCUT2D eigenvalue weighted by molar-refractivity contribution is 5.87. The van der Waals surface area contributed by atoms with Gasteiger partial charge in [0.15, 0.2) is 0 Å². The highest BCUT2D eigenvalue weighted by Crippen LogP contribution is 2.12. The SMILES string of the molecule is Cc1cccnc1CNc1ccc(C(=O)O)cc1. The Kier molecular flexibility index (Phi) is 3.57. The van der Waals surface area contributed by atoms with Crippen LogP contribution >= 0.6 is 0 Å². The van der Waals surface area contributed by atoms with Crippen molar-refractivity contribution in [3.05, 3.63) is 59.4 Å². The molecule has 1 heterocycles. The zero-order valence-corrected chi connectivity index (χ0v) is 10.1. The topological polar surface area (TPSA) is 62.2 Å².